The Morgan fingerprint density at radius 2 is 2.11 bits per heavy atom. The number of aromatic hydroxyl groups is 1. The molecule has 100 valence electrons. The summed E-state index contributed by atoms with van der Waals surface area (Å²) >= 11 is 6.45. The van der Waals surface area contributed by atoms with E-state index in [1.54, 1.807) is 29.2 Å². The molecule has 0 bridgehead atoms. The van der Waals surface area contributed by atoms with E-state index in [1.165, 1.54) is 11.8 Å². The first-order valence-corrected chi connectivity index (χ1v) is 6.98. The van der Waals surface area contributed by atoms with E-state index < -0.39 is 5.63 Å². The fourth-order valence-corrected chi connectivity index (χ4v) is 2.52. The third-order valence-electron chi connectivity index (χ3n) is 2.58. The van der Waals surface area contributed by atoms with Crippen LogP contribution in [0.2, 0.25) is 0 Å². The van der Waals surface area contributed by atoms with E-state index in [-0.39, 0.29) is 17.1 Å². The number of hydrogen-bond donors (Lipinski definition) is 1. The first kappa shape index (κ1) is 13.9. The maximum atomic E-state index is 11.8. The number of benzene rings is 1. The molecule has 0 fully saturated rings. The number of fused-ring (bicyclic) bond motifs is 1. The van der Waals surface area contributed by atoms with E-state index in [4.69, 9.17) is 16.6 Å². The number of nitrogens with zero attached hydrogens (tertiary/aromatic N) is 1. The zero-order valence-corrected chi connectivity index (χ0v) is 12.2. The van der Waals surface area contributed by atoms with E-state index in [1.807, 2.05) is 14.1 Å². The number of thioether (sulfide) groups is 1. The van der Waals surface area contributed by atoms with Crippen molar-refractivity contribution in [2.45, 2.75) is 5.75 Å². The van der Waals surface area contributed by atoms with E-state index in [0.717, 1.165) is 0 Å². The van der Waals surface area contributed by atoms with Gasteiger partial charge in [-0.3, -0.25) is 0 Å². The van der Waals surface area contributed by atoms with Gasteiger partial charge in [0.25, 0.3) is 0 Å². The molecular formula is C13H13NO3S2. The van der Waals surface area contributed by atoms with Gasteiger partial charge >= 0.3 is 5.63 Å². The summed E-state index contributed by atoms with van der Waals surface area (Å²) in [6, 6.07) is 6.90. The number of thiocarbonyl (C=S) groups is 1. The summed E-state index contributed by atoms with van der Waals surface area (Å²) in [5.74, 6) is 0.261. The normalized spacial score (nSPS) is 10.6. The maximum Gasteiger partial charge on any atom is 0.344 e. The molecule has 1 aromatic carbocycles. The molecule has 0 unspecified atom stereocenters. The molecule has 1 heterocycles. The Bertz CT molecular complexity index is 679. The van der Waals surface area contributed by atoms with Crippen LogP contribution in [0.25, 0.3) is 11.0 Å². The van der Waals surface area contributed by atoms with Crippen molar-refractivity contribution in [2.24, 2.45) is 0 Å². The van der Waals surface area contributed by atoms with E-state index in [2.05, 4.69) is 0 Å². The Balaban J connectivity index is 2.38. The molecule has 1 aromatic heterocycles. The molecule has 0 atom stereocenters. The van der Waals surface area contributed by atoms with Crippen LogP contribution >= 0.6 is 24.0 Å². The van der Waals surface area contributed by atoms with Crippen molar-refractivity contribution < 1.29 is 9.52 Å². The molecule has 0 amide bonds. The minimum absolute atomic E-state index is 0.0269. The van der Waals surface area contributed by atoms with Gasteiger partial charge in [-0.1, -0.05) is 36.1 Å². The second kappa shape index (κ2) is 5.63. The van der Waals surface area contributed by atoms with Crippen molar-refractivity contribution in [3.8, 4) is 5.75 Å². The van der Waals surface area contributed by atoms with Gasteiger partial charge in [0.2, 0.25) is 0 Å². The summed E-state index contributed by atoms with van der Waals surface area (Å²) in [6.07, 6.45) is 0. The van der Waals surface area contributed by atoms with Gasteiger partial charge in [-0.15, -0.1) is 0 Å². The maximum absolute atomic E-state index is 11.8. The summed E-state index contributed by atoms with van der Waals surface area (Å²) in [4.78, 5) is 13.6. The molecule has 2 rings (SSSR count). The van der Waals surface area contributed by atoms with Crippen LogP contribution in [0.1, 0.15) is 5.56 Å². The molecule has 2 aromatic rings. The van der Waals surface area contributed by atoms with Crippen molar-refractivity contribution in [1.29, 1.82) is 0 Å². The van der Waals surface area contributed by atoms with Gasteiger partial charge in [-0.05, 0) is 12.1 Å². The molecule has 0 aliphatic heterocycles. The van der Waals surface area contributed by atoms with Crippen LogP contribution in [0.4, 0.5) is 0 Å². The predicted molar refractivity (Wildman–Crippen MR) is 81.7 cm³/mol. The molecule has 19 heavy (non-hydrogen) atoms. The third-order valence-corrected chi connectivity index (χ3v) is 4.35. The minimum Gasteiger partial charge on any atom is -0.507 e. The molecule has 1 N–H and O–H groups in total. The summed E-state index contributed by atoms with van der Waals surface area (Å²) in [5.41, 5.74) is 0.104. The SMILES string of the molecule is CN(C)C(=S)SCc1c(O)c2ccccc2oc1=O. The highest BCUT2D eigenvalue weighted by molar-refractivity contribution is 8.22. The van der Waals surface area contributed by atoms with Crippen LogP contribution in [-0.2, 0) is 5.75 Å². The standard InChI is InChI=1S/C13H13NO3S2/c1-14(2)13(18)19-7-9-11(15)8-5-3-4-6-10(8)17-12(9)16/h3-6,15H,7H2,1-2H3. The zero-order chi connectivity index (χ0) is 14.0. The quantitative estimate of drug-likeness (QED) is 0.679. The first-order valence-electron chi connectivity index (χ1n) is 5.58. The molecule has 0 saturated heterocycles. The van der Waals surface area contributed by atoms with Crippen molar-refractivity contribution in [3.63, 3.8) is 0 Å². The Hall–Kier alpha value is -1.53. The molecule has 0 saturated carbocycles. The Morgan fingerprint density at radius 1 is 1.42 bits per heavy atom. The van der Waals surface area contributed by atoms with Gasteiger partial charge < -0.3 is 14.4 Å². The lowest BCUT2D eigenvalue weighted by Crippen LogP contribution is -2.17. The lowest BCUT2D eigenvalue weighted by atomic mass is 10.2. The lowest BCUT2D eigenvalue weighted by Gasteiger charge is -2.12. The van der Waals surface area contributed by atoms with Crippen LogP contribution in [-0.4, -0.2) is 28.4 Å². The summed E-state index contributed by atoms with van der Waals surface area (Å²) in [5, 5.41) is 10.7. The minimum atomic E-state index is -0.523. The predicted octanol–water partition coefficient (Wildman–Crippen LogP) is 2.58. The highest BCUT2D eigenvalue weighted by Gasteiger charge is 2.14. The number of rotatable bonds is 2. The smallest absolute Gasteiger partial charge is 0.344 e. The molecule has 0 aliphatic carbocycles. The van der Waals surface area contributed by atoms with Gasteiger partial charge in [0.05, 0.1) is 10.9 Å². The van der Waals surface area contributed by atoms with E-state index >= 15 is 0 Å². The van der Waals surface area contributed by atoms with Crippen LogP contribution in [0.3, 0.4) is 0 Å². The zero-order valence-electron chi connectivity index (χ0n) is 10.5. The monoisotopic (exact) mass is 295 g/mol. The summed E-state index contributed by atoms with van der Waals surface area (Å²) in [7, 11) is 3.66. The first-order chi connectivity index (χ1) is 9.00. The molecular weight excluding hydrogens is 282 g/mol. The van der Waals surface area contributed by atoms with Gasteiger partial charge in [0.15, 0.2) is 0 Å². The summed E-state index contributed by atoms with van der Waals surface area (Å²) < 4.78 is 5.83. The van der Waals surface area contributed by atoms with Gasteiger partial charge in [0, 0.05) is 19.8 Å². The molecule has 0 aliphatic rings. The highest BCUT2D eigenvalue weighted by atomic mass is 32.2. The van der Waals surface area contributed by atoms with Crippen LogP contribution in [0.15, 0.2) is 33.5 Å². The Kier molecular flexibility index (Phi) is 4.11. The van der Waals surface area contributed by atoms with Crippen molar-refractivity contribution in [3.05, 3.63) is 40.2 Å². The number of para-hydroxylation sites is 1. The average Bonchev–Trinajstić information content (AvgIpc) is 2.38. The largest absolute Gasteiger partial charge is 0.507 e. The van der Waals surface area contributed by atoms with E-state index in [9.17, 15) is 9.90 Å². The Morgan fingerprint density at radius 3 is 2.79 bits per heavy atom. The molecule has 0 spiro atoms. The van der Waals surface area contributed by atoms with Crippen LogP contribution in [0.5, 0.6) is 5.75 Å². The van der Waals surface area contributed by atoms with Crippen molar-refractivity contribution in [2.75, 3.05) is 14.1 Å². The second-order valence-corrected chi connectivity index (χ2v) is 5.77. The second-order valence-electron chi connectivity index (χ2n) is 4.16. The topological polar surface area (TPSA) is 53.7 Å². The van der Waals surface area contributed by atoms with Gasteiger partial charge in [-0.25, -0.2) is 4.79 Å². The van der Waals surface area contributed by atoms with Gasteiger partial charge in [-0.2, -0.15) is 0 Å². The lowest BCUT2D eigenvalue weighted by molar-refractivity contribution is 0.460. The van der Waals surface area contributed by atoms with E-state index in [0.29, 0.717) is 15.3 Å². The van der Waals surface area contributed by atoms with Crippen LogP contribution < -0.4 is 5.63 Å². The van der Waals surface area contributed by atoms with Gasteiger partial charge in [0.1, 0.15) is 15.7 Å². The third kappa shape index (κ3) is 2.90. The molecule has 6 heteroatoms. The highest BCUT2D eigenvalue weighted by Crippen LogP contribution is 2.28. The van der Waals surface area contributed by atoms with Crippen molar-refractivity contribution in [1.82, 2.24) is 4.90 Å². The summed E-state index contributed by atoms with van der Waals surface area (Å²) in [6.45, 7) is 0. The molecule has 4 nitrogen and oxygen atoms in total. The Labute approximate surface area is 120 Å². The fraction of sp³-hybridized carbons (Fsp3) is 0.231. The molecule has 0 radical (unpaired) electrons. The number of hydrogen-bond acceptors (Lipinski definition) is 5. The van der Waals surface area contributed by atoms with Crippen molar-refractivity contribution >= 4 is 39.3 Å². The van der Waals surface area contributed by atoms with Crippen LogP contribution in [0, 0.1) is 0 Å². The fourth-order valence-electron chi connectivity index (χ4n) is 1.56. The average molecular weight is 295 g/mol.